The highest BCUT2D eigenvalue weighted by Crippen LogP contribution is 2.29. The highest BCUT2D eigenvalue weighted by molar-refractivity contribution is 5.76. The predicted molar refractivity (Wildman–Crippen MR) is 67.8 cm³/mol. The van der Waals surface area contributed by atoms with Gasteiger partial charge in [-0.15, -0.1) is 0 Å². The fourth-order valence-corrected chi connectivity index (χ4v) is 1.76. The first kappa shape index (κ1) is 11.4. The monoisotopic (exact) mass is 229 g/mol. The van der Waals surface area contributed by atoms with Crippen molar-refractivity contribution in [2.75, 3.05) is 12.3 Å². The summed E-state index contributed by atoms with van der Waals surface area (Å²) in [5, 5.41) is 0. The number of nitrogen functional groups attached to an aromatic ring is 1. The first-order chi connectivity index (χ1) is 8.22. The Bertz CT molecular complexity index is 506. The normalized spacial score (nSPS) is 10.2. The van der Waals surface area contributed by atoms with E-state index in [1.807, 2.05) is 26.0 Å². The van der Waals surface area contributed by atoms with Gasteiger partial charge in [0.15, 0.2) is 0 Å². The fraction of sp³-hybridized carbons (Fsp3) is 0.231. The van der Waals surface area contributed by atoms with Gasteiger partial charge in [0.25, 0.3) is 0 Å². The van der Waals surface area contributed by atoms with Crippen molar-refractivity contribution in [3.8, 4) is 16.9 Å². The molecule has 4 nitrogen and oxygen atoms in total. The molecule has 0 saturated carbocycles. The summed E-state index contributed by atoms with van der Waals surface area (Å²) in [6, 6.07) is 3.86. The van der Waals surface area contributed by atoms with Gasteiger partial charge in [-0.25, -0.2) is 4.98 Å². The van der Waals surface area contributed by atoms with Crippen molar-refractivity contribution in [3.05, 3.63) is 36.3 Å². The third kappa shape index (κ3) is 2.36. The van der Waals surface area contributed by atoms with E-state index < -0.39 is 0 Å². The topological polar surface area (TPSA) is 61.0 Å². The maximum Gasteiger partial charge on any atom is 0.138 e. The molecule has 0 atom stereocenters. The molecule has 2 N–H and O–H groups in total. The van der Waals surface area contributed by atoms with Crippen LogP contribution in [0.25, 0.3) is 11.1 Å². The second-order valence-electron chi connectivity index (χ2n) is 3.73. The van der Waals surface area contributed by atoms with Gasteiger partial charge < -0.3 is 10.5 Å². The van der Waals surface area contributed by atoms with Crippen LogP contribution >= 0.6 is 0 Å². The van der Waals surface area contributed by atoms with E-state index in [4.69, 9.17) is 10.5 Å². The number of anilines is 1. The summed E-state index contributed by atoms with van der Waals surface area (Å²) in [5.41, 5.74) is 8.82. The number of aryl methyl sites for hydroxylation is 1. The van der Waals surface area contributed by atoms with Crippen LogP contribution in [0.15, 0.2) is 30.7 Å². The molecule has 0 aromatic carbocycles. The van der Waals surface area contributed by atoms with E-state index in [-0.39, 0.29) is 0 Å². The van der Waals surface area contributed by atoms with Gasteiger partial charge in [0.2, 0.25) is 0 Å². The van der Waals surface area contributed by atoms with Gasteiger partial charge in [0.05, 0.1) is 12.8 Å². The largest absolute Gasteiger partial charge is 0.492 e. The van der Waals surface area contributed by atoms with Crippen molar-refractivity contribution in [1.29, 1.82) is 0 Å². The minimum atomic E-state index is 0.514. The van der Waals surface area contributed by atoms with Gasteiger partial charge in [-0.3, -0.25) is 4.98 Å². The van der Waals surface area contributed by atoms with Crippen LogP contribution in [-0.4, -0.2) is 16.6 Å². The maximum atomic E-state index is 5.90. The van der Waals surface area contributed by atoms with Gasteiger partial charge >= 0.3 is 0 Å². The molecule has 0 aliphatic rings. The van der Waals surface area contributed by atoms with E-state index in [9.17, 15) is 0 Å². The summed E-state index contributed by atoms with van der Waals surface area (Å²) < 4.78 is 5.42. The smallest absolute Gasteiger partial charge is 0.138 e. The first-order valence-electron chi connectivity index (χ1n) is 5.51. The average molecular weight is 229 g/mol. The second-order valence-corrected chi connectivity index (χ2v) is 3.73. The van der Waals surface area contributed by atoms with Crippen LogP contribution < -0.4 is 10.5 Å². The molecule has 0 amide bonds. The van der Waals surface area contributed by atoms with Crippen LogP contribution in [0.1, 0.15) is 12.5 Å². The average Bonchev–Trinajstić information content (AvgIpc) is 2.30. The highest BCUT2D eigenvalue weighted by atomic mass is 16.5. The molecule has 0 fully saturated rings. The number of pyridine rings is 2. The fourth-order valence-electron chi connectivity index (χ4n) is 1.76. The molecule has 17 heavy (non-hydrogen) atoms. The van der Waals surface area contributed by atoms with E-state index in [2.05, 4.69) is 9.97 Å². The van der Waals surface area contributed by atoms with E-state index in [0.717, 1.165) is 22.4 Å². The van der Waals surface area contributed by atoms with Crippen molar-refractivity contribution >= 4 is 5.82 Å². The highest BCUT2D eigenvalue weighted by Gasteiger charge is 2.08. The molecule has 0 radical (unpaired) electrons. The number of aromatic nitrogens is 2. The lowest BCUT2D eigenvalue weighted by Crippen LogP contribution is -1.97. The van der Waals surface area contributed by atoms with Crippen molar-refractivity contribution in [3.63, 3.8) is 0 Å². The standard InChI is InChI=1S/C13H15N3O/c1-3-17-11-6-10(7-15-8-11)12-9(2)4-5-16-13(12)14/h4-8H,3H2,1-2H3,(H2,14,16). The molecule has 0 aliphatic carbocycles. The molecule has 0 bridgehead atoms. The van der Waals surface area contributed by atoms with Gasteiger partial charge in [-0.1, -0.05) is 0 Å². The van der Waals surface area contributed by atoms with Crippen LogP contribution in [0.3, 0.4) is 0 Å². The van der Waals surface area contributed by atoms with Crippen molar-refractivity contribution in [2.24, 2.45) is 0 Å². The molecule has 0 spiro atoms. The van der Waals surface area contributed by atoms with Gasteiger partial charge in [-0.2, -0.15) is 0 Å². The number of hydrogen-bond acceptors (Lipinski definition) is 4. The quantitative estimate of drug-likeness (QED) is 0.878. The Morgan fingerprint density at radius 1 is 1.35 bits per heavy atom. The van der Waals surface area contributed by atoms with Crippen LogP contribution in [0.4, 0.5) is 5.82 Å². The minimum Gasteiger partial charge on any atom is -0.492 e. The minimum absolute atomic E-state index is 0.514. The molecular formula is C13H15N3O. The Morgan fingerprint density at radius 3 is 2.88 bits per heavy atom. The second kappa shape index (κ2) is 4.82. The SMILES string of the molecule is CCOc1cncc(-c2c(C)ccnc2N)c1. The molecule has 4 heteroatoms. The Labute approximate surface area is 100 Å². The maximum absolute atomic E-state index is 5.90. The first-order valence-corrected chi connectivity index (χ1v) is 5.51. The van der Waals surface area contributed by atoms with Gasteiger partial charge in [-0.05, 0) is 31.5 Å². The lowest BCUT2D eigenvalue weighted by molar-refractivity contribution is 0.339. The Hall–Kier alpha value is -2.10. The molecule has 2 aromatic heterocycles. The van der Waals surface area contributed by atoms with Crippen molar-refractivity contribution < 1.29 is 4.74 Å². The molecule has 2 heterocycles. The molecule has 0 saturated heterocycles. The molecule has 0 unspecified atom stereocenters. The Morgan fingerprint density at radius 2 is 2.18 bits per heavy atom. The third-order valence-corrected chi connectivity index (χ3v) is 2.50. The Balaban J connectivity index is 2.49. The summed E-state index contributed by atoms with van der Waals surface area (Å²) in [7, 11) is 0. The number of rotatable bonds is 3. The van der Waals surface area contributed by atoms with Crippen LogP contribution in [-0.2, 0) is 0 Å². The van der Waals surface area contributed by atoms with Crippen LogP contribution in [0.2, 0.25) is 0 Å². The molecule has 0 aliphatic heterocycles. The summed E-state index contributed by atoms with van der Waals surface area (Å²) in [4.78, 5) is 8.25. The number of nitrogens with two attached hydrogens (primary N) is 1. The summed E-state index contributed by atoms with van der Waals surface area (Å²) >= 11 is 0. The summed E-state index contributed by atoms with van der Waals surface area (Å²) in [6.07, 6.45) is 5.16. The number of ether oxygens (including phenoxy) is 1. The van der Waals surface area contributed by atoms with E-state index in [1.165, 1.54) is 0 Å². The van der Waals surface area contributed by atoms with Gasteiger partial charge in [0.1, 0.15) is 11.6 Å². The van der Waals surface area contributed by atoms with Gasteiger partial charge in [0, 0.05) is 23.5 Å². The zero-order chi connectivity index (χ0) is 12.3. The van der Waals surface area contributed by atoms with Crippen molar-refractivity contribution in [1.82, 2.24) is 9.97 Å². The zero-order valence-corrected chi connectivity index (χ0v) is 9.97. The van der Waals surface area contributed by atoms with Crippen LogP contribution in [0.5, 0.6) is 5.75 Å². The number of nitrogens with zero attached hydrogens (tertiary/aromatic N) is 2. The van der Waals surface area contributed by atoms with Crippen LogP contribution in [0, 0.1) is 6.92 Å². The van der Waals surface area contributed by atoms with E-state index in [1.54, 1.807) is 18.6 Å². The predicted octanol–water partition coefficient (Wildman–Crippen LogP) is 2.43. The van der Waals surface area contributed by atoms with Crippen molar-refractivity contribution in [2.45, 2.75) is 13.8 Å². The molecule has 88 valence electrons. The zero-order valence-electron chi connectivity index (χ0n) is 9.97. The Kier molecular flexibility index (Phi) is 3.23. The van der Waals surface area contributed by atoms with E-state index >= 15 is 0 Å². The summed E-state index contributed by atoms with van der Waals surface area (Å²) in [5.74, 6) is 1.26. The summed E-state index contributed by atoms with van der Waals surface area (Å²) in [6.45, 7) is 4.56. The molecular weight excluding hydrogens is 214 g/mol. The lowest BCUT2D eigenvalue weighted by atomic mass is 10.0. The lowest BCUT2D eigenvalue weighted by Gasteiger charge is -2.09. The molecule has 2 rings (SSSR count). The molecule has 2 aromatic rings. The number of hydrogen-bond donors (Lipinski definition) is 1. The third-order valence-electron chi connectivity index (χ3n) is 2.50. The van der Waals surface area contributed by atoms with E-state index in [0.29, 0.717) is 12.4 Å².